The molecule has 1 heterocycles. The molecule has 4 heteroatoms. The fraction of sp³-hybridized carbons (Fsp3) is 0.300. The molecule has 0 amide bonds. The number of benzene rings is 1. The lowest BCUT2D eigenvalue weighted by molar-refractivity contribution is 0.561. The molecule has 74 valence electrons. The minimum absolute atomic E-state index is 0.457. The van der Waals surface area contributed by atoms with Crippen molar-refractivity contribution in [1.82, 2.24) is 4.98 Å². The quantitative estimate of drug-likeness (QED) is 0.564. The van der Waals surface area contributed by atoms with Gasteiger partial charge in [-0.1, -0.05) is 0 Å². The highest BCUT2D eigenvalue weighted by Crippen LogP contribution is 2.21. The second-order valence-electron chi connectivity index (χ2n) is 3.20. The maximum Gasteiger partial charge on any atom is 0.192 e. The Kier molecular flexibility index (Phi) is 2.33. The molecule has 0 aliphatic heterocycles. The highest BCUT2D eigenvalue weighted by Gasteiger charge is 2.05. The van der Waals surface area contributed by atoms with E-state index in [1.807, 2.05) is 37.1 Å². The summed E-state index contributed by atoms with van der Waals surface area (Å²) in [7, 11) is 1.93. The Balaban J connectivity index is 2.50. The lowest BCUT2D eigenvalue weighted by Gasteiger charge is -2.14. The molecule has 1 aromatic carbocycles. The first kappa shape index (κ1) is 9.34. The van der Waals surface area contributed by atoms with Gasteiger partial charge in [-0.3, -0.25) is 0 Å². The summed E-state index contributed by atoms with van der Waals surface area (Å²) in [6.45, 7) is 1.84. The third kappa shape index (κ3) is 1.55. The van der Waals surface area contributed by atoms with E-state index in [-0.39, 0.29) is 0 Å². The second kappa shape index (κ2) is 3.50. The lowest BCUT2D eigenvalue weighted by Crippen LogP contribution is -2.13. The molecule has 0 saturated carbocycles. The Hall–Kier alpha value is -1.22. The molecule has 0 aliphatic carbocycles. The number of hydrogen-bond donors (Lipinski definition) is 0. The molecular weight excluding hydrogens is 200 g/mol. The third-order valence-electron chi connectivity index (χ3n) is 2.10. The molecule has 0 spiro atoms. The number of rotatable bonds is 2. The standard InChI is InChI=1S/C10H11ClN2O/c1-7-12-9-4-3-8(13(2)6-11)5-10(9)14-7/h3-5H,6H2,1-2H3. The summed E-state index contributed by atoms with van der Waals surface area (Å²) in [6, 6.07) is 6.31. The topological polar surface area (TPSA) is 29.3 Å². The monoisotopic (exact) mass is 210 g/mol. The molecule has 2 aromatic rings. The Labute approximate surface area is 87.3 Å². The fourth-order valence-electron chi connectivity index (χ4n) is 1.33. The van der Waals surface area contributed by atoms with Crippen LogP contribution in [0.5, 0.6) is 0 Å². The highest BCUT2D eigenvalue weighted by molar-refractivity contribution is 6.19. The van der Waals surface area contributed by atoms with E-state index in [0.29, 0.717) is 11.9 Å². The van der Waals surface area contributed by atoms with Crippen molar-refractivity contribution < 1.29 is 4.42 Å². The normalized spacial score (nSPS) is 10.8. The van der Waals surface area contributed by atoms with Crippen molar-refractivity contribution in [3.8, 4) is 0 Å². The summed E-state index contributed by atoms with van der Waals surface area (Å²) in [4.78, 5) is 6.15. The van der Waals surface area contributed by atoms with E-state index in [0.717, 1.165) is 16.8 Å². The van der Waals surface area contributed by atoms with Gasteiger partial charge in [0.2, 0.25) is 0 Å². The van der Waals surface area contributed by atoms with Crippen LogP contribution < -0.4 is 4.90 Å². The van der Waals surface area contributed by atoms with Gasteiger partial charge in [0.1, 0.15) is 5.52 Å². The van der Waals surface area contributed by atoms with Gasteiger partial charge in [-0.15, -0.1) is 11.6 Å². The van der Waals surface area contributed by atoms with Gasteiger partial charge >= 0.3 is 0 Å². The Morgan fingerprint density at radius 2 is 2.29 bits per heavy atom. The van der Waals surface area contributed by atoms with Crippen LogP contribution in [0.3, 0.4) is 0 Å². The zero-order valence-corrected chi connectivity index (χ0v) is 8.88. The van der Waals surface area contributed by atoms with Gasteiger partial charge in [0, 0.05) is 25.7 Å². The first-order valence-corrected chi connectivity index (χ1v) is 4.88. The van der Waals surface area contributed by atoms with E-state index in [2.05, 4.69) is 4.98 Å². The van der Waals surface area contributed by atoms with Gasteiger partial charge in [0.05, 0.1) is 6.00 Å². The fourth-order valence-corrected chi connectivity index (χ4v) is 1.47. The van der Waals surface area contributed by atoms with Crippen LogP contribution in [0, 0.1) is 6.92 Å². The number of anilines is 1. The summed E-state index contributed by atoms with van der Waals surface area (Å²) in [6.07, 6.45) is 0. The number of hydrogen-bond acceptors (Lipinski definition) is 3. The average molecular weight is 211 g/mol. The summed E-state index contributed by atoms with van der Waals surface area (Å²) in [5.74, 6) is 0.686. The molecule has 0 atom stereocenters. The van der Waals surface area contributed by atoms with Crippen LogP contribution in [0.2, 0.25) is 0 Å². The van der Waals surface area contributed by atoms with Crippen LogP contribution in [0.15, 0.2) is 22.6 Å². The van der Waals surface area contributed by atoms with Crippen LogP contribution in [0.25, 0.3) is 11.1 Å². The number of aromatic nitrogens is 1. The maximum absolute atomic E-state index is 5.72. The summed E-state index contributed by atoms with van der Waals surface area (Å²) >= 11 is 5.72. The Morgan fingerprint density at radius 3 is 3.00 bits per heavy atom. The number of fused-ring (bicyclic) bond motifs is 1. The van der Waals surface area contributed by atoms with Crippen molar-refractivity contribution in [3.05, 3.63) is 24.1 Å². The molecule has 14 heavy (non-hydrogen) atoms. The molecular formula is C10H11ClN2O. The zero-order chi connectivity index (χ0) is 10.1. The largest absolute Gasteiger partial charge is 0.441 e. The van der Waals surface area contributed by atoms with Crippen molar-refractivity contribution in [3.63, 3.8) is 0 Å². The van der Waals surface area contributed by atoms with Crippen molar-refractivity contribution in [1.29, 1.82) is 0 Å². The summed E-state index contributed by atoms with van der Waals surface area (Å²) in [5.41, 5.74) is 2.72. The number of aryl methyl sites for hydroxylation is 1. The molecule has 0 unspecified atom stereocenters. The van der Waals surface area contributed by atoms with Crippen molar-refractivity contribution in [2.24, 2.45) is 0 Å². The molecule has 0 radical (unpaired) electrons. The van der Waals surface area contributed by atoms with Crippen LogP contribution in [-0.2, 0) is 0 Å². The van der Waals surface area contributed by atoms with Gasteiger partial charge in [0.15, 0.2) is 11.5 Å². The Bertz CT molecular complexity index is 452. The van der Waals surface area contributed by atoms with Gasteiger partial charge in [0.25, 0.3) is 0 Å². The highest BCUT2D eigenvalue weighted by atomic mass is 35.5. The average Bonchev–Trinajstić information content (AvgIpc) is 2.55. The number of nitrogens with zero attached hydrogens (tertiary/aromatic N) is 2. The summed E-state index contributed by atoms with van der Waals surface area (Å²) in [5, 5.41) is 0. The zero-order valence-electron chi connectivity index (χ0n) is 8.12. The van der Waals surface area contributed by atoms with Crippen molar-refractivity contribution >= 4 is 28.4 Å². The Morgan fingerprint density at radius 1 is 1.50 bits per heavy atom. The SMILES string of the molecule is Cc1nc2ccc(N(C)CCl)cc2o1. The first-order chi connectivity index (χ1) is 6.70. The van der Waals surface area contributed by atoms with Crippen LogP contribution >= 0.6 is 11.6 Å². The van der Waals surface area contributed by atoms with E-state index in [4.69, 9.17) is 16.0 Å². The molecule has 0 bridgehead atoms. The maximum atomic E-state index is 5.72. The number of alkyl halides is 1. The van der Waals surface area contributed by atoms with Gasteiger partial charge < -0.3 is 9.32 Å². The van der Waals surface area contributed by atoms with Gasteiger partial charge in [-0.2, -0.15) is 0 Å². The first-order valence-electron chi connectivity index (χ1n) is 4.35. The molecule has 3 nitrogen and oxygen atoms in total. The second-order valence-corrected chi connectivity index (χ2v) is 3.44. The van der Waals surface area contributed by atoms with Crippen molar-refractivity contribution in [2.45, 2.75) is 6.92 Å². The predicted molar refractivity (Wildman–Crippen MR) is 57.9 cm³/mol. The minimum atomic E-state index is 0.457. The van der Waals surface area contributed by atoms with Gasteiger partial charge in [-0.05, 0) is 12.1 Å². The van der Waals surface area contributed by atoms with E-state index < -0.39 is 0 Å². The molecule has 0 fully saturated rings. The van der Waals surface area contributed by atoms with Crippen LogP contribution in [0.1, 0.15) is 5.89 Å². The summed E-state index contributed by atoms with van der Waals surface area (Å²) < 4.78 is 5.42. The smallest absolute Gasteiger partial charge is 0.192 e. The molecule has 0 saturated heterocycles. The lowest BCUT2D eigenvalue weighted by atomic mass is 10.3. The van der Waals surface area contributed by atoms with E-state index in [1.54, 1.807) is 0 Å². The van der Waals surface area contributed by atoms with Crippen molar-refractivity contribution in [2.75, 3.05) is 18.0 Å². The molecule has 1 aromatic heterocycles. The molecule has 0 N–H and O–H groups in total. The van der Waals surface area contributed by atoms with Gasteiger partial charge in [-0.25, -0.2) is 4.98 Å². The number of oxazole rings is 1. The predicted octanol–water partition coefficient (Wildman–Crippen LogP) is 2.77. The van der Waals surface area contributed by atoms with E-state index >= 15 is 0 Å². The number of halogens is 1. The van der Waals surface area contributed by atoms with Crippen LogP contribution in [-0.4, -0.2) is 18.0 Å². The minimum Gasteiger partial charge on any atom is -0.441 e. The third-order valence-corrected chi connectivity index (χ3v) is 2.46. The molecule has 2 rings (SSSR count). The van der Waals surface area contributed by atoms with E-state index in [9.17, 15) is 0 Å². The molecule has 0 aliphatic rings. The van der Waals surface area contributed by atoms with E-state index in [1.165, 1.54) is 0 Å². The van der Waals surface area contributed by atoms with Crippen LogP contribution in [0.4, 0.5) is 5.69 Å².